The summed E-state index contributed by atoms with van der Waals surface area (Å²) in [5.41, 5.74) is 1.62. The summed E-state index contributed by atoms with van der Waals surface area (Å²) in [7, 11) is 0. The van der Waals surface area contributed by atoms with E-state index in [0.717, 1.165) is 0 Å². The average molecular weight is 406 g/mol. The Morgan fingerprint density at radius 2 is 1.83 bits per heavy atom. The molecule has 3 aromatic rings. The van der Waals surface area contributed by atoms with Crippen LogP contribution in [0.5, 0.6) is 0 Å². The molecule has 0 saturated carbocycles. The minimum Gasteiger partial charge on any atom is -0.339 e. The summed E-state index contributed by atoms with van der Waals surface area (Å²) in [4.78, 5) is 45.9. The Kier molecular flexibility index (Phi) is 6.95. The molecule has 2 N–H and O–H groups in total. The van der Waals surface area contributed by atoms with Crippen molar-refractivity contribution in [3.63, 3.8) is 0 Å². The van der Waals surface area contributed by atoms with Gasteiger partial charge in [-0.25, -0.2) is 4.98 Å². The number of nitrogens with zero attached hydrogens (tertiary/aromatic N) is 2. The number of benzene rings is 2. The molecule has 2 aromatic carbocycles. The number of amides is 2. The van der Waals surface area contributed by atoms with E-state index in [2.05, 4.69) is 15.3 Å². The number of aromatic amines is 1. The van der Waals surface area contributed by atoms with Crippen LogP contribution < -0.4 is 10.9 Å². The second-order valence-corrected chi connectivity index (χ2v) is 6.99. The maximum absolute atomic E-state index is 12.5. The number of anilines is 1. The fourth-order valence-electron chi connectivity index (χ4n) is 3.32. The van der Waals surface area contributed by atoms with Gasteiger partial charge in [0, 0.05) is 37.2 Å². The zero-order valence-electron chi connectivity index (χ0n) is 17.3. The number of H-pyrrole nitrogens is 1. The molecule has 0 radical (unpaired) electrons. The normalized spacial score (nSPS) is 10.7. The van der Waals surface area contributed by atoms with Gasteiger partial charge in [-0.3, -0.25) is 14.4 Å². The first kappa shape index (κ1) is 21.2. The van der Waals surface area contributed by atoms with E-state index in [1.165, 1.54) is 0 Å². The standard InChI is InChI=1S/C23H26N4O3/c1-3-27(4-2)23(30)16-9-7-10-17(15-16)24-21(28)14-8-13-20-25-19-12-6-5-11-18(19)22(29)26-20/h5-7,9-12,15H,3-4,8,13-14H2,1-2H3,(H,24,28)(H,25,26,29). The predicted molar refractivity (Wildman–Crippen MR) is 118 cm³/mol. The molecule has 0 atom stereocenters. The van der Waals surface area contributed by atoms with Gasteiger partial charge in [-0.2, -0.15) is 0 Å². The van der Waals surface area contributed by atoms with Crippen molar-refractivity contribution in [1.82, 2.24) is 14.9 Å². The lowest BCUT2D eigenvalue weighted by atomic mass is 10.1. The van der Waals surface area contributed by atoms with Crippen molar-refractivity contribution >= 4 is 28.4 Å². The van der Waals surface area contributed by atoms with Crippen LogP contribution in [-0.2, 0) is 11.2 Å². The van der Waals surface area contributed by atoms with E-state index in [0.29, 0.717) is 53.9 Å². The second kappa shape index (κ2) is 9.82. The van der Waals surface area contributed by atoms with Crippen LogP contribution in [0.1, 0.15) is 42.9 Å². The van der Waals surface area contributed by atoms with Crippen LogP contribution >= 0.6 is 0 Å². The quantitative estimate of drug-likeness (QED) is 0.600. The van der Waals surface area contributed by atoms with Gasteiger partial charge in [0.25, 0.3) is 11.5 Å². The first-order valence-corrected chi connectivity index (χ1v) is 10.2. The molecule has 1 aromatic heterocycles. The summed E-state index contributed by atoms with van der Waals surface area (Å²) in [5, 5.41) is 3.39. The summed E-state index contributed by atoms with van der Waals surface area (Å²) in [6, 6.07) is 14.1. The van der Waals surface area contributed by atoms with Crippen molar-refractivity contribution in [2.45, 2.75) is 33.1 Å². The van der Waals surface area contributed by atoms with Crippen LogP contribution in [0.25, 0.3) is 10.9 Å². The molecule has 3 rings (SSSR count). The number of rotatable bonds is 8. The Hall–Kier alpha value is -3.48. The van der Waals surface area contributed by atoms with E-state index in [-0.39, 0.29) is 23.8 Å². The Bertz CT molecular complexity index is 1100. The highest BCUT2D eigenvalue weighted by atomic mass is 16.2. The zero-order chi connectivity index (χ0) is 21.5. The number of fused-ring (bicyclic) bond motifs is 1. The molecular weight excluding hydrogens is 380 g/mol. The van der Waals surface area contributed by atoms with Gasteiger partial charge in [0.15, 0.2) is 0 Å². The van der Waals surface area contributed by atoms with Crippen molar-refractivity contribution in [2.24, 2.45) is 0 Å². The van der Waals surface area contributed by atoms with Gasteiger partial charge in [-0.1, -0.05) is 18.2 Å². The molecule has 0 unspecified atom stereocenters. The molecule has 0 bridgehead atoms. The number of hydrogen-bond acceptors (Lipinski definition) is 4. The van der Waals surface area contributed by atoms with Crippen molar-refractivity contribution in [1.29, 1.82) is 0 Å². The summed E-state index contributed by atoms with van der Waals surface area (Å²) < 4.78 is 0. The SMILES string of the molecule is CCN(CC)C(=O)c1cccc(NC(=O)CCCc2nc3ccccc3c(=O)[nH]2)c1. The van der Waals surface area contributed by atoms with Gasteiger partial charge in [-0.05, 0) is 50.6 Å². The van der Waals surface area contributed by atoms with Crippen molar-refractivity contribution in [3.05, 3.63) is 70.3 Å². The molecule has 0 aliphatic carbocycles. The number of aryl methyl sites for hydroxylation is 1. The van der Waals surface area contributed by atoms with Crippen molar-refractivity contribution < 1.29 is 9.59 Å². The van der Waals surface area contributed by atoms with Crippen molar-refractivity contribution in [2.75, 3.05) is 18.4 Å². The smallest absolute Gasteiger partial charge is 0.258 e. The van der Waals surface area contributed by atoms with E-state index >= 15 is 0 Å². The molecular formula is C23H26N4O3. The number of carbonyl (C=O) groups is 2. The Morgan fingerprint density at radius 1 is 1.07 bits per heavy atom. The molecule has 1 heterocycles. The minimum absolute atomic E-state index is 0.0533. The van der Waals surface area contributed by atoms with E-state index in [9.17, 15) is 14.4 Å². The first-order valence-electron chi connectivity index (χ1n) is 10.2. The minimum atomic E-state index is -0.172. The summed E-state index contributed by atoms with van der Waals surface area (Å²) >= 11 is 0. The summed E-state index contributed by atoms with van der Waals surface area (Å²) in [5.74, 6) is 0.367. The lowest BCUT2D eigenvalue weighted by molar-refractivity contribution is -0.116. The lowest BCUT2D eigenvalue weighted by Gasteiger charge is -2.19. The molecule has 30 heavy (non-hydrogen) atoms. The second-order valence-electron chi connectivity index (χ2n) is 6.99. The topological polar surface area (TPSA) is 95.2 Å². The number of carbonyl (C=O) groups excluding carboxylic acids is 2. The number of aromatic nitrogens is 2. The van der Waals surface area contributed by atoms with Crippen LogP contribution in [0.2, 0.25) is 0 Å². The molecule has 0 fully saturated rings. The number of nitrogens with one attached hydrogen (secondary N) is 2. The van der Waals surface area contributed by atoms with Crippen LogP contribution in [0, 0.1) is 0 Å². The Morgan fingerprint density at radius 3 is 2.60 bits per heavy atom. The van der Waals surface area contributed by atoms with Gasteiger partial charge in [0.05, 0.1) is 10.9 Å². The monoisotopic (exact) mass is 406 g/mol. The molecule has 0 spiro atoms. The lowest BCUT2D eigenvalue weighted by Crippen LogP contribution is -2.30. The summed E-state index contributed by atoms with van der Waals surface area (Å²) in [6.45, 7) is 5.14. The zero-order valence-corrected chi connectivity index (χ0v) is 17.3. The number of hydrogen-bond donors (Lipinski definition) is 2. The maximum atomic E-state index is 12.5. The number of para-hydroxylation sites is 1. The highest BCUT2D eigenvalue weighted by Crippen LogP contribution is 2.14. The van der Waals surface area contributed by atoms with Gasteiger partial charge < -0.3 is 15.2 Å². The van der Waals surface area contributed by atoms with Crippen LogP contribution in [-0.4, -0.2) is 39.8 Å². The van der Waals surface area contributed by atoms with E-state index < -0.39 is 0 Å². The molecule has 7 nitrogen and oxygen atoms in total. The van der Waals surface area contributed by atoms with Gasteiger partial charge in [-0.15, -0.1) is 0 Å². The molecule has 0 aliphatic rings. The van der Waals surface area contributed by atoms with E-state index in [1.807, 2.05) is 19.9 Å². The molecule has 7 heteroatoms. The van der Waals surface area contributed by atoms with Crippen LogP contribution in [0.4, 0.5) is 5.69 Å². The van der Waals surface area contributed by atoms with Gasteiger partial charge in [0.1, 0.15) is 5.82 Å². The van der Waals surface area contributed by atoms with Crippen LogP contribution in [0.15, 0.2) is 53.3 Å². The fraction of sp³-hybridized carbons (Fsp3) is 0.304. The highest BCUT2D eigenvalue weighted by Gasteiger charge is 2.13. The van der Waals surface area contributed by atoms with Crippen molar-refractivity contribution in [3.8, 4) is 0 Å². The largest absolute Gasteiger partial charge is 0.339 e. The fourth-order valence-corrected chi connectivity index (χ4v) is 3.32. The molecule has 156 valence electrons. The van der Waals surface area contributed by atoms with E-state index in [1.54, 1.807) is 47.4 Å². The van der Waals surface area contributed by atoms with Gasteiger partial charge in [0.2, 0.25) is 5.91 Å². The molecule has 0 saturated heterocycles. The first-order chi connectivity index (χ1) is 14.5. The Labute approximate surface area is 175 Å². The average Bonchev–Trinajstić information content (AvgIpc) is 2.75. The Balaban J connectivity index is 1.57. The predicted octanol–water partition coefficient (Wildman–Crippen LogP) is 3.37. The third kappa shape index (κ3) is 5.11. The highest BCUT2D eigenvalue weighted by molar-refractivity contribution is 5.97. The summed E-state index contributed by atoms with van der Waals surface area (Å²) in [6.07, 6.45) is 1.32. The van der Waals surface area contributed by atoms with E-state index in [4.69, 9.17) is 0 Å². The molecule has 0 aliphatic heterocycles. The third-order valence-corrected chi connectivity index (χ3v) is 4.92. The maximum Gasteiger partial charge on any atom is 0.258 e. The van der Waals surface area contributed by atoms with Gasteiger partial charge >= 0.3 is 0 Å². The molecule has 2 amide bonds. The third-order valence-electron chi connectivity index (χ3n) is 4.92. The van der Waals surface area contributed by atoms with Crippen LogP contribution in [0.3, 0.4) is 0 Å².